The fourth-order valence-corrected chi connectivity index (χ4v) is 0.0295. The van der Waals surface area contributed by atoms with Crippen molar-refractivity contribution >= 4 is 12.8 Å². The van der Waals surface area contributed by atoms with Crippen molar-refractivity contribution < 1.29 is 37.4 Å². The Hall–Kier alpha value is 0.244. The Bertz CT molecular complexity index is 44.2. The molecule has 53 valence electrons. The molecule has 0 aliphatic rings. The summed E-state index contributed by atoms with van der Waals surface area (Å²) in [7, 11) is 0. The third-order valence-electron chi connectivity index (χ3n) is 0.118. The van der Waals surface area contributed by atoms with Crippen LogP contribution in [0.15, 0.2) is 0 Å². The molecule has 0 bridgehead atoms. The second-order valence-electron chi connectivity index (χ2n) is 0.338. The van der Waals surface area contributed by atoms with Crippen molar-refractivity contribution in [3.8, 4) is 0 Å². The number of ether oxygens (including phenoxy) is 1. The van der Waals surface area contributed by atoms with Gasteiger partial charge in [0.05, 0.1) is 0 Å². The second-order valence-corrected chi connectivity index (χ2v) is 0.338. The first-order valence-corrected chi connectivity index (χ1v) is 1.98. The molecule has 0 saturated carbocycles. The van der Waals surface area contributed by atoms with E-state index in [4.69, 9.17) is 10.8 Å². The first kappa shape index (κ1) is 22.8. The summed E-state index contributed by atoms with van der Waals surface area (Å²) in [5, 5.41) is 12.1. The SMILES string of the molecule is CC.N=[C-]OC=N.[CH3-].[Y]. The molecule has 0 aromatic carbocycles. The van der Waals surface area contributed by atoms with E-state index in [-0.39, 0.29) is 40.1 Å². The quantitative estimate of drug-likeness (QED) is 0.401. The van der Waals surface area contributed by atoms with E-state index in [1.807, 2.05) is 13.8 Å². The molecule has 0 fully saturated rings. The van der Waals surface area contributed by atoms with Gasteiger partial charge in [-0.3, -0.25) is 0 Å². The van der Waals surface area contributed by atoms with Crippen LogP contribution >= 0.6 is 0 Å². The molecule has 0 saturated heterocycles. The largest absolute Gasteiger partial charge is 0.618 e. The van der Waals surface area contributed by atoms with Gasteiger partial charge in [0.15, 0.2) is 0 Å². The zero-order valence-corrected chi connectivity index (χ0v) is 8.90. The number of hydrogen-bond acceptors (Lipinski definition) is 3. The molecule has 0 aromatic heterocycles. The molecular weight excluding hydrogens is 193 g/mol. The van der Waals surface area contributed by atoms with E-state index in [0.29, 0.717) is 6.40 Å². The minimum absolute atomic E-state index is 0. The topological polar surface area (TPSA) is 56.9 Å². The Kier molecular flexibility index (Phi) is 104. The molecule has 1 radical (unpaired) electrons. The summed E-state index contributed by atoms with van der Waals surface area (Å²) in [6, 6.07) is 0. The van der Waals surface area contributed by atoms with Gasteiger partial charge in [0.25, 0.3) is 0 Å². The Morgan fingerprint density at radius 2 is 1.78 bits per heavy atom. The number of rotatable bonds is 2. The molecule has 2 N–H and O–H groups in total. The maximum atomic E-state index is 6.07. The van der Waals surface area contributed by atoms with Crippen LogP contribution < -0.4 is 0 Å². The number of hydrogen-bond donors (Lipinski definition) is 2. The van der Waals surface area contributed by atoms with Gasteiger partial charge < -0.3 is 23.0 Å². The summed E-state index contributed by atoms with van der Waals surface area (Å²) in [5.74, 6) is 0. The van der Waals surface area contributed by atoms with Gasteiger partial charge in [0.2, 0.25) is 0 Å². The van der Waals surface area contributed by atoms with E-state index >= 15 is 0 Å². The first-order chi connectivity index (χ1) is 3.41. The van der Waals surface area contributed by atoms with Gasteiger partial charge in [-0.1, -0.05) is 13.8 Å². The Labute approximate surface area is 82.1 Å². The van der Waals surface area contributed by atoms with Crippen LogP contribution in [0.5, 0.6) is 0 Å². The summed E-state index contributed by atoms with van der Waals surface area (Å²) in [5.41, 5.74) is 0. The van der Waals surface area contributed by atoms with Gasteiger partial charge in [0.1, 0.15) is 0 Å². The summed E-state index contributed by atoms with van der Waals surface area (Å²) in [4.78, 5) is 0. The number of nitrogens with one attached hydrogen (secondary N) is 2. The molecule has 0 aliphatic heterocycles. The van der Waals surface area contributed by atoms with E-state index in [1.54, 1.807) is 0 Å². The molecule has 4 heteroatoms. The van der Waals surface area contributed by atoms with Crippen LogP contribution in [-0.4, -0.2) is 12.8 Å². The van der Waals surface area contributed by atoms with Crippen LogP contribution in [0.25, 0.3) is 0 Å². The van der Waals surface area contributed by atoms with Crippen molar-refractivity contribution in [1.29, 1.82) is 10.8 Å². The summed E-state index contributed by atoms with van der Waals surface area (Å²) in [6.45, 7) is 4.00. The average molecular weight is 205 g/mol. The molecular formula is C5H12N2OY-2. The predicted octanol–water partition coefficient (Wildman–Crippen LogP) is 1.57. The van der Waals surface area contributed by atoms with E-state index < -0.39 is 0 Å². The van der Waals surface area contributed by atoms with Gasteiger partial charge in [-0.2, -0.15) is 0 Å². The zero-order valence-electron chi connectivity index (χ0n) is 6.06. The molecule has 0 atom stereocenters. The van der Waals surface area contributed by atoms with E-state index in [2.05, 4.69) is 4.74 Å². The van der Waals surface area contributed by atoms with Gasteiger partial charge in [-0.25, -0.2) is 0 Å². The summed E-state index contributed by atoms with van der Waals surface area (Å²) < 4.78 is 3.79. The molecule has 0 rings (SSSR count). The fraction of sp³-hybridized carbons (Fsp3) is 0.400. The molecule has 0 spiro atoms. The maximum absolute atomic E-state index is 6.07. The second kappa shape index (κ2) is 41.1. The molecule has 0 aromatic rings. The molecule has 3 nitrogen and oxygen atoms in total. The Morgan fingerprint density at radius 1 is 1.44 bits per heavy atom. The van der Waals surface area contributed by atoms with Crippen LogP contribution in [0.3, 0.4) is 0 Å². The van der Waals surface area contributed by atoms with Gasteiger partial charge >= 0.3 is 0 Å². The average Bonchev–Trinajstić information content (AvgIpc) is 1.75. The van der Waals surface area contributed by atoms with Gasteiger partial charge in [-0.05, 0) is 0 Å². The maximum Gasteiger partial charge on any atom is 0.0226 e. The third-order valence-corrected chi connectivity index (χ3v) is 0.118. The van der Waals surface area contributed by atoms with Crippen molar-refractivity contribution in [1.82, 2.24) is 0 Å². The smallest absolute Gasteiger partial charge is 0.0226 e. The standard InChI is InChI=1S/C2H3N2O.C2H6.CH3.Y/c3-1-5-2-4;1-2;;/h1,3-4H;1-2H3;1H3;/q-1;;-1;. The van der Waals surface area contributed by atoms with Crippen LogP contribution in [0.1, 0.15) is 13.8 Å². The summed E-state index contributed by atoms with van der Waals surface area (Å²) in [6.07, 6.45) is 2.16. The minimum atomic E-state index is 0. The predicted molar refractivity (Wildman–Crippen MR) is 35.4 cm³/mol. The van der Waals surface area contributed by atoms with Crippen LogP contribution in [0, 0.1) is 18.2 Å². The fourth-order valence-electron chi connectivity index (χ4n) is 0.0295. The van der Waals surface area contributed by atoms with E-state index in [9.17, 15) is 0 Å². The van der Waals surface area contributed by atoms with Crippen molar-refractivity contribution in [3.63, 3.8) is 0 Å². The van der Waals surface area contributed by atoms with Crippen molar-refractivity contribution in [2.75, 3.05) is 0 Å². The van der Waals surface area contributed by atoms with Gasteiger partial charge in [0, 0.05) is 45.5 Å². The van der Waals surface area contributed by atoms with Crippen LogP contribution in [0.4, 0.5) is 0 Å². The molecule has 9 heavy (non-hydrogen) atoms. The molecule has 0 amide bonds. The van der Waals surface area contributed by atoms with Crippen molar-refractivity contribution in [2.24, 2.45) is 0 Å². The first-order valence-electron chi connectivity index (χ1n) is 1.98. The molecule has 0 aliphatic carbocycles. The van der Waals surface area contributed by atoms with Crippen molar-refractivity contribution in [3.05, 3.63) is 7.43 Å². The minimum Gasteiger partial charge on any atom is -0.618 e. The Morgan fingerprint density at radius 3 is 1.78 bits per heavy atom. The monoisotopic (exact) mass is 205 g/mol. The van der Waals surface area contributed by atoms with E-state index in [1.165, 1.54) is 6.40 Å². The van der Waals surface area contributed by atoms with Crippen molar-refractivity contribution in [2.45, 2.75) is 13.8 Å². The van der Waals surface area contributed by atoms with Gasteiger partial charge in [-0.15, -0.1) is 0 Å². The summed E-state index contributed by atoms with van der Waals surface area (Å²) >= 11 is 0. The zero-order chi connectivity index (χ0) is 6.12. The van der Waals surface area contributed by atoms with E-state index in [0.717, 1.165) is 0 Å². The third kappa shape index (κ3) is 63.8. The molecule has 0 heterocycles. The Balaban J connectivity index is -0.0000000286. The normalized spacial score (nSPS) is 3.78. The van der Waals surface area contributed by atoms with Crippen LogP contribution in [-0.2, 0) is 37.4 Å². The van der Waals surface area contributed by atoms with Crippen LogP contribution in [0.2, 0.25) is 0 Å². The molecule has 0 unspecified atom stereocenters.